The van der Waals surface area contributed by atoms with Gasteiger partial charge in [0.2, 0.25) is 0 Å². The molecular formula is C24H25F5N6O. The number of nitrogens with one attached hydrogen (secondary N) is 3. The number of halogens is 5. The number of rotatable bonds is 4. The van der Waals surface area contributed by atoms with Gasteiger partial charge < -0.3 is 20.5 Å². The summed E-state index contributed by atoms with van der Waals surface area (Å²) in [5.41, 5.74) is -1.65. The molecule has 0 unspecified atom stereocenters. The van der Waals surface area contributed by atoms with Crippen LogP contribution in [0.2, 0.25) is 0 Å². The number of pyridine rings is 2. The van der Waals surface area contributed by atoms with Crippen LogP contribution in [0.5, 0.6) is 0 Å². The molecule has 0 spiro atoms. The number of aromatic amines is 1. The molecule has 0 radical (unpaired) electrons. The minimum Gasteiger partial charge on any atom is -0.365 e. The molecule has 1 saturated carbocycles. The summed E-state index contributed by atoms with van der Waals surface area (Å²) in [4.78, 5) is 24.8. The van der Waals surface area contributed by atoms with Crippen LogP contribution in [0.25, 0.3) is 22.3 Å². The molecule has 4 heterocycles. The van der Waals surface area contributed by atoms with Crippen molar-refractivity contribution in [3.63, 3.8) is 0 Å². The number of amides is 2. The summed E-state index contributed by atoms with van der Waals surface area (Å²) >= 11 is 0. The molecule has 2 fully saturated rings. The molecule has 3 aromatic heterocycles. The van der Waals surface area contributed by atoms with Crippen LogP contribution in [0.4, 0.5) is 32.6 Å². The van der Waals surface area contributed by atoms with E-state index in [2.05, 4.69) is 25.6 Å². The van der Waals surface area contributed by atoms with Crippen molar-refractivity contribution in [2.45, 2.75) is 56.8 Å². The molecule has 7 nitrogen and oxygen atoms in total. The van der Waals surface area contributed by atoms with Crippen molar-refractivity contribution in [1.82, 2.24) is 25.2 Å². The first-order chi connectivity index (χ1) is 17.2. The number of alkyl halides is 3. The molecule has 3 aromatic rings. The predicted molar refractivity (Wildman–Crippen MR) is 123 cm³/mol. The Bertz CT molecular complexity index is 1270. The van der Waals surface area contributed by atoms with E-state index < -0.39 is 29.1 Å². The molecule has 1 aliphatic heterocycles. The number of aromatic nitrogens is 3. The lowest BCUT2D eigenvalue weighted by atomic mass is 9.91. The standard InChI is InChI=1S/C24H25F5N6O/c25-13-8-16-17(12-31-21(16)30-11-13)20-18(24(27,28)29)10-19(26)22(34-20)32-14-4-3-5-15(9-14)33-23(36)35-6-1-2-7-35/h8,10-12,14-15H,1-7,9H2,(H,30,31)(H,32,34)(H,33,36)/t14-,15+/m0/s1. The maximum absolute atomic E-state index is 14.9. The predicted octanol–water partition coefficient (Wildman–Crippen LogP) is 5.45. The third-order valence-corrected chi connectivity index (χ3v) is 6.77. The minimum atomic E-state index is -4.89. The fourth-order valence-corrected chi connectivity index (χ4v) is 5.02. The van der Waals surface area contributed by atoms with Gasteiger partial charge in [0.05, 0.1) is 17.5 Å². The Morgan fingerprint density at radius 3 is 2.58 bits per heavy atom. The summed E-state index contributed by atoms with van der Waals surface area (Å²) in [6.45, 7) is 1.44. The van der Waals surface area contributed by atoms with Crippen LogP contribution in [0.1, 0.15) is 44.1 Å². The monoisotopic (exact) mass is 508 g/mol. The van der Waals surface area contributed by atoms with Crippen LogP contribution in [0.15, 0.2) is 24.5 Å². The van der Waals surface area contributed by atoms with E-state index in [1.807, 2.05) is 0 Å². The van der Waals surface area contributed by atoms with Crippen molar-refractivity contribution < 1.29 is 26.7 Å². The van der Waals surface area contributed by atoms with E-state index in [0.29, 0.717) is 18.9 Å². The Labute approximate surface area is 203 Å². The van der Waals surface area contributed by atoms with Gasteiger partial charge in [0.1, 0.15) is 11.5 Å². The molecule has 2 aliphatic rings. The fraction of sp³-hybridized carbons (Fsp3) is 0.458. The number of hydrogen-bond acceptors (Lipinski definition) is 4. The minimum absolute atomic E-state index is 0.0354. The summed E-state index contributed by atoms with van der Waals surface area (Å²) in [5.74, 6) is -2.19. The highest BCUT2D eigenvalue weighted by Gasteiger charge is 2.37. The first kappa shape index (κ1) is 24.3. The summed E-state index contributed by atoms with van der Waals surface area (Å²) < 4.78 is 70.1. The largest absolute Gasteiger partial charge is 0.418 e. The molecule has 1 aliphatic carbocycles. The van der Waals surface area contributed by atoms with Crippen LogP contribution in [-0.4, -0.2) is 51.1 Å². The molecule has 1 saturated heterocycles. The van der Waals surface area contributed by atoms with Gasteiger partial charge >= 0.3 is 12.2 Å². The van der Waals surface area contributed by atoms with Crippen molar-refractivity contribution in [3.05, 3.63) is 41.7 Å². The number of hydrogen-bond donors (Lipinski definition) is 3. The SMILES string of the molecule is O=C(N[C@@H]1CCC[C@H](Nc2nc(-c3c[nH]c4ncc(F)cc34)c(C(F)(F)F)cc2F)C1)N1CCCC1. The average Bonchev–Trinajstić information content (AvgIpc) is 3.50. The molecule has 0 bridgehead atoms. The van der Waals surface area contributed by atoms with Crippen molar-refractivity contribution >= 4 is 22.9 Å². The second kappa shape index (κ2) is 9.55. The average molecular weight is 508 g/mol. The normalized spacial score (nSPS) is 20.6. The van der Waals surface area contributed by atoms with Gasteiger partial charge in [-0.2, -0.15) is 13.2 Å². The second-order valence-electron chi connectivity index (χ2n) is 9.31. The lowest BCUT2D eigenvalue weighted by molar-refractivity contribution is -0.137. The van der Waals surface area contributed by atoms with Crippen LogP contribution in [0.3, 0.4) is 0 Å². The molecule has 5 rings (SSSR count). The zero-order valence-electron chi connectivity index (χ0n) is 19.3. The van der Waals surface area contributed by atoms with Gasteiger partial charge in [-0.15, -0.1) is 0 Å². The Kier molecular flexibility index (Phi) is 6.44. The molecular weight excluding hydrogens is 483 g/mol. The zero-order chi connectivity index (χ0) is 25.4. The highest BCUT2D eigenvalue weighted by Crippen LogP contribution is 2.40. The smallest absolute Gasteiger partial charge is 0.365 e. The number of nitrogens with zero attached hydrogens (tertiary/aromatic N) is 3. The van der Waals surface area contributed by atoms with Gasteiger partial charge in [-0.3, -0.25) is 0 Å². The molecule has 192 valence electrons. The van der Waals surface area contributed by atoms with E-state index in [1.165, 1.54) is 6.20 Å². The lowest BCUT2D eigenvalue weighted by Crippen LogP contribution is -2.47. The Morgan fingerprint density at radius 2 is 1.83 bits per heavy atom. The summed E-state index contributed by atoms with van der Waals surface area (Å²) in [7, 11) is 0. The number of carbonyl (C=O) groups is 1. The van der Waals surface area contributed by atoms with Crippen molar-refractivity contribution in [1.29, 1.82) is 0 Å². The maximum atomic E-state index is 14.9. The van der Waals surface area contributed by atoms with Crippen LogP contribution in [0, 0.1) is 11.6 Å². The summed E-state index contributed by atoms with van der Waals surface area (Å²) in [6.07, 6.45) is 1.91. The van der Waals surface area contributed by atoms with Gasteiger partial charge in [-0.1, -0.05) is 0 Å². The molecule has 2 amide bonds. The highest BCUT2D eigenvalue weighted by molar-refractivity contribution is 5.93. The number of H-pyrrole nitrogens is 1. The third-order valence-electron chi connectivity index (χ3n) is 6.77. The van der Waals surface area contributed by atoms with E-state index in [-0.39, 0.29) is 40.5 Å². The number of anilines is 1. The third kappa shape index (κ3) is 4.93. The first-order valence-electron chi connectivity index (χ1n) is 11.9. The van der Waals surface area contributed by atoms with E-state index in [9.17, 15) is 26.7 Å². The van der Waals surface area contributed by atoms with E-state index in [1.54, 1.807) is 4.90 Å². The van der Waals surface area contributed by atoms with E-state index in [4.69, 9.17) is 0 Å². The number of carbonyl (C=O) groups excluding carboxylic acids is 1. The quantitative estimate of drug-likeness (QED) is 0.409. The molecule has 0 aromatic carbocycles. The van der Waals surface area contributed by atoms with Crippen molar-refractivity contribution in [3.8, 4) is 11.3 Å². The van der Waals surface area contributed by atoms with Crippen LogP contribution >= 0.6 is 0 Å². The summed E-state index contributed by atoms with van der Waals surface area (Å²) in [5, 5.41) is 6.07. The number of fused-ring (bicyclic) bond motifs is 1. The van der Waals surface area contributed by atoms with Gasteiger partial charge in [-0.05, 0) is 50.7 Å². The topological polar surface area (TPSA) is 85.9 Å². The van der Waals surface area contributed by atoms with Gasteiger partial charge in [0, 0.05) is 42.3 Å². The number of urea groups is 1. The van der Waals surface area contributed by atoms with Crippen molar-refractivity contribution in [2.24, 2.45) is 0 Å². The molecule has 3 N–H and O–H groups in total. The van der Waals surface area contributed by atoms with Gasteiger partial charge in [-0.25, -0.2) is 23.5 Å². The first-order valence-corrected chi connectivity index (χ1v) is 11.9. The van der Waals surface area contributed by atoms with Crippen LogP contribution < -0.4 is 10.6 Å². The summed E-state index contributed by atoms with van der Waals surface area (Å²) in [6, 6.07) is 0.909. The van der Waals surface area contributed by atoms with E-state index >= 15 is 0 Å². The van der Waals surface area contributed by atoms with Gasteiger partial charge in [0.25, 0.3) is 0 Å². The zero-order valence-corrected chi connectivity index (χ0v) is 19.3. The van der Waals surface area contributed by atoms with Gasteiger partial charge in [0.15, 0.2) is 11.6 Å². The lowest BCUT2D eigenvalue weighted by Gasteiger charge is -2.32. The van der Waals surface area contributed by atoms with Crippen LogP contribution in [-0.2, 0) is 6.18 Å². The Balaban J connectivity index is 1.41. The maximum Gasteiger partial charge on any atom is 0.418 e. The molecule has 36 heavy (non-hydrogen) atoms. The fourth-order valence-electron chi connectivity index (χ4n) is 5.02. The molecule has 12 heteroatoms. The second-order valence-corrected chi connectivity index (χ2v) is 9.31. The Morgan fingerprint density at radius 1 is 1.08 bits per heavy atom. The number of likely N-dealkylation sites (tertiary alicyclic amines) is 1. The Hall–Kier alpha value is -3.44. The highest BCUT2D eigenvalue weighted by atomic mass is 19.4. The van der Waals surface area contributed by atoms with E-state index in [0.717, 1.165) is 51.0 Å². The molecule has 2 atom stereocenters. The van der Waals surface area contributed by atoms with Crippen molar-refractivity contribution in [2.75, 3.05) is 18.4 Å².